The van der Waals surface area contributed by atoms with Gasteiger partial charge in [0.25, 0.3) is 5.91 Å². The molecular weight excluding hydrogens is 448 g/mol. The Bertz CT molecular complexity index is 1370. The summed E-state index contributed by atoms with van der Waals surface area (Å²) in [5.74, 6) is 2.07. The Morgan fingerprint density at radius 2 is 1.82 bits per heavy atom. The molecule has 2 aromatic heterocycles. The van der Waals surface area contributed by atoms with E-state index in [1.54, 1.807) is 32.7 Å². The molecule has 6 nitrogen and oxygen atoms in total. The molecule has 0 radical (unpaired) electrons. The highest BCUT2D eigenvalue weighted by Crippen LogP contribution is 2.43. The van der Waals surface area contributed by atoms with Crippen molar-refractivity contribution in [3.05, 3.63) is 81.2 Å². The van der Waals surface area contributed by atoms with Gasteiger partial charge in [-0.25, -0.2) is 0 Å². The third-order valence-corrected chi connectivity index (χ3v) is 7.31. The number of rotatable bonds is 5. The molecule has 0 aliphatic carbocycles. The van der Waals surface area contributed by atoms with Gasteiger partial charge in [0.1, 0.15) is 5.75 Å². The van der Waals surface area contributed by atoms with Crippen LogP contribution in [0.25, 0.3) is 10.9 Å². The number of aromatic nitrogens is 1. The number of amides is 1. The largest absolute Gasteiger partial charge is 0.497 e. The number of pyridine rings is 1. The number of carbonyl (C=O) groups excluding carboxylic acids is 1. The molecule has 5 rings (SSSR count). The lowest BCUT2D eigenvalue weighted by Gasteiger charge is -2.37. The van der Waals surface area contributed by atoms with Crippen LogP contribution in [0.2, 0.25) is 0 Å². The van der Waals surface area contributed by atoms with Crippen molar-refractivity contribution in [2.45, 2.75) is 19.4 Å². The van der Waals surface area contributed by atoms with Crippen LogP contribution in [0.3, 0.4) is 0 Å². The average Bonchev–Trinajstić information content (AvgIpc) is 3.40. The molecule has 174 valence electrons. The first kappa shape index (κ1) is 22.2. The number of aryl methyl sites for hydroxylation is 1. The van der Waals surface area contributed by atoms with Crippen LogP contribution in [-0.4, -0.2) is 43.7 Å². The maximum absolute atomic E-state index is 14.0. The minimum absolute atomic E-state index is 0.0337. The summed E-state index contributed by atoms with van der Waals surface area (Å²) in [4.78, 5) is 21.8. The molecule has 34 heavy (non-hydrogen) atoms. The summed E-state index contributed by atoms with van der Waals surface area (Å²) in [6.07, 6.45) is 0.733. The fourth-order valence-electron chi connectivity index (χ4n) is 4.67. The molecule has 1 aliphatic heterocycles. The van der Waals surface area contributed by atoms with Gasteiger partial charge in [0.05, 0.1) is 44.1 Å². The van der Waals surface area contributed by atoms with E-state index in [1.807, 2.05) is 59.7 Å². The zero-order valence-electron chi connectivity index (χ0n) is 19.6. The molecule has 7 heteroatoms. The van der Waals surface area contributed by atoms with Crippen LogP contribution in [-0.2, 0) is 6.42 Å². The van der Waals surface area contributed by atoms with Gasteiger partial charge in [0.15, 0.2) is 11.5 Å². The second-order valence-corrected chi connectivity index (χ2v) is 9.23. The van der Waals surface area contributed by atoms with Crippen molar-refractivity contribution < 1.29 is 19.0 Å². The summed E-state index contributed by atoms with van der Waals surface area (Å²) in [6, 6.07) is 15.6. The molecule has 4 aromatic rings. The Morgan fingerprint density at radius 1 is 1.03 bits per heavy atom. The molecule has 1 atom stereocenters. The topological polar surface area (TPSA) is 60.9 Å². The lowest BCUT2D eigenvalue weighted by molar-refractivity contribution is 0.0696. The smallest absolute Gasteiger partial charge is 0.256 e. The van der Waals surface area contributed by atoms with Crippen molar-refractivity contribution in [3.8, 4) is 17.2 Å². The van der Waals surface area contributed by atoms with E-state index >= 15 is 0 Å². The van der Waals surface area contributed by atoms with Crippen molar-refractivity contribution in [1.29, 1.82) is 0 Å². The Morgan fingerprint density at radius 3 is 2.53 bits per heavy atom. The van der Waals surface area contributed by atoms with Crippen molar-refractivity contribution in [2.24, 2.45) is 0 Å². The second-order valence-electron chi connectivity index (χ2n) is 8.25. The van der Waals surface area contributed by atoms with Gasteiger partial charge in [0.2, 0.25) is 0 Å². The van der Waals surface area contributed by atoms with Crippen molar-refractivity contribution in [1.82, 2.24) is 9.88 Å². The number of hydrogen-bond donors (Lipinski definition) is 0. The monoisotopic (exact) mass is 474 g/mol. The highest BCUT2D eigenvalue weighted by Gasteiger charge is 2.35. The molecule has 0 N–H and O–H groups in total. The number of thiophene rings is 1. The molecule has 0 fully saturated rings. The first-order valence-electron chi connectivity index (χ1n) is 11.1. The van der Waals surface area contributed by atoms with E-state index in [2.05, 4.69) is 6.07 Å². The minimum Gasteiger partial charge on any atom is -0.497 e. The van der Waals surface area contributed by atoms with Crippen LogP contribution in [0, 0.1) is 6.92 Å². The number of benzene rings is 2. The number of ether oxygens (including phenoxy) is 3. The van der Waals surface area contributed by atoms with Crippen LogP contribution in [0.15, 0.2) is 53.9 Å². The maximum atomic E-state index is 14.0. The molecule has 0 bridgehead atoms. The minimum atomic E-state index is -0.212. The quantitative estimate of drug-likeness (QED) is 0.387. The lowest BCUT2D eigenvalue weighted by atomic mass is 9.90. The molecule has 1 amide bonds. The highest BCUT2D eigenvalue weighted by molar-refractivity contribution is 7.10. The zero-order valence-corrected chi connectivity index (χ0v) is 20.4. The van der Waals surface area contributed by atoms with Crippen molar-refractivity contribution in [2.75, 3.05) is 27.9 Å². The van der Waals surface area contributed by atoms with E-state index in [0.29, 0.717) is 29.3 Å². The first-order chi connectivity index (χ1) is 16.5. The van der Waals surface area contributed by atoms with Crippen LogP contribution in [0.1, 0.15) is 38.1 Å². The highest BCUT2D eigenvalue weighted by atomic mass is 32.1. The van der Waals surface area contributed by atoms with Crippen molar-refractivity contribution >= 4 is 28.1 Å². The Hall–Kier alpha value is -3.58. The Labute approximate surface area is 202 Å². The molecular formula is C27H26N2O4S. The maximum Gasteiger partial charge on any atom is 0.256 e. The second kappa shape index (κ2) is 8.99. The van der Waals surface area contributed by atoms with E-state index in [4.69, 9.17) is 19.2 Å². The Kier molecular flexibility index (Phi) is 5.87. The van der Waals surface area contributed by atoms with Gasteiger partial charge in [-0.2, -0.15) is 0 Å². The lowest BCUT2D eigenvalue weighted by Crippen LogP contribution is -2.40. The van der Waals surface area contributed by atoms with E-state index in [-0.39, 0.29) is 11.9 Å². The predicted octanol–water partition coefficient (Wildman–Crippen LogP) is 5.42. The number of hydrogen-bond acceptors (Lipinski definition) is 6. The SMILES string of the molecule is COc1ccc2nc(C)c(C(=O)N3CCc4cc(OC)c(OC)cc4C3c3cccs3)cc2c1. The predicted molar refractivity (Wildman–Crippen MR) is 133 cm³/mol. The van der Waals surface area contributed by atoms with E-state index in [1.165, 1.54) is 0 Å². The van der Waals surface area contributed by atoms with Gasteiger partial charge in [0, 0.05) is 16.8 Å². The summed E-state index contributed by atoms with van der Waals surface area (Å²) < 4.78 is 16.5. The summed E-state index contributed by atoms with van der Waals surface area (Å²) in [7, 11) is 4.91. The van der Waals surface area contributed by atoms with Crippen molar-refractivity contribution in [3.63, 3.8) is 0 Å². The van der Waals surface area contributed by atoms with Crippen LogP contribution < -0.4 is 14.2 Å². The summed E-state index contributed by atoms with van der Waals surface area (Å²) >= 11 is 1.65. The molecule has 1 unspecified atom stereocenters. The van der Waals surface area contributed by atoms with Gasteiger partial charge in [-0.05, 0) is 72.3 Å². The summed E-state index contributed by atoms with van der Waals surface area (Å²) in [5, 5.41) is 2.92. The van der Waals surface area contributed by atoms with Gasteiger partial charge in [-0.1, -0.05) is 6.07 Å². The third kappa shape index (κ3) is 3.76. The first-order valence-corrected chi connectivity index (χ1v) is 12.0. The fourth-order valence-corrected chi connectivity index (χ4v) is 5.52. The Balaban J connectivity index is 1.62. The van der Waals surface area contributed by atoms with Crippen LogP contribution >= 0.6 is 11.3 Å². The standard InChI is InChI=1S/C27H26N2O4S/c1-16-20(13-18-12-19(31-2)7-8-22(18)28-16)27(30)29-10-9-17-14-23(32-3)24(33-4)15-21(17)26(29)25-6-5-11-34-25/h5-8,11-15,26H,9-10H2,1-4H3. The molecule has 0 saturated carbocycles. The van der Waals surface area contributed by atoms with E-state index in [0.717, 1.165) is 39.1 Å². The van der Waals surface area contributed by atoms with Crippen LogP contribution in [0.5, 0.6) is 17.2 Å². The summed E-state index contributed by atoms with van der Waals surface area (Å²) in [6.45, 7) is 2.49. The fraction of sp³-hybridized carbons (Fsp3) is 0.259. The normalized spacial score (nSPS) is 15.2. The number of nitrogens with zero attached hydrogens (tertiary/aromatic N) is 2. The van der Waals surface area contributed by atoms with Crippen LogP contribution in [0.4, 0.5) is 0 Å². The zero-order chi connectivity index (χ0) is 23.8. The molecule has 3 heterocycles. The molecule has 2 aromatic carbocycles. The number of carbonyl (C=O) groups is 1. The number of methoxy groups -OCH3 is 3. The van der Waals surface area contributed by atoms with E-state index < -0.39 is 0 Å². The van der Waals surface area contributed by atoms with Gasteiger partial charge >= 0.3 is 0 Å². The molecule has 0 spiro atoms. The van der Waals surface area contributed by atoms with Gasteiger partial charge in [-0.15, -0.1) is 11.3 Å². The van der Waals surface area contributed by atoms with Gasteiger partial charge < -0.3 is 19.1 Å². The average molecular weight is 475 g/mol. The molecule has 0 saturated heterocycles. The third-order valence-electron chi connectivity index (χ3n) is 6.39. The molecule has 1 aliphatic rings. The van der Waals surface area contributed by atoms with Gasteiger partial charge in [-0.3, -0.25) is 9.78 Å². The summed E-state index contributed by atoms with van der Waals surface area (Å²) in [5.41, 5.74) is 4.38. The number of fused-ring (bicyclic) bond motifs is 2. The van der Waals surface area contributed by atoms with E-state index in [9.17, 15) is 4.79 Å².